The number of thiocarbonyl (C=S) groups is 1. The molecule has 0 spiro atoms. The van der Waals surface area contributed by atoms with Gasteiger partial charge in [-0.2, -0.15) is 0 Å². The molecule has 0 aliphatic rings. The van der Waals surface area contributed by atoms with Crippen LogP contribution in [-0.2, 0) is 0 Å². The van der Waals surface area contributed by atoms with Crippen LogP contribution >= 0.6 is 23.8 Å². The van der Waals surface area contributed by atoms with Gasteiger partial charge in [0.1, 0.15) is 0 Å². The molecule has 0 aromatic heterocycles. The standard InChI is InChI=1S/C17H19ClN2S/c1-3-16(15-10-5-4-7-12(15)2)20-17(21)19-14-9-6-8-13(18)11-14/h4-11,16H,3H2,1-2H3,(H2,19,20,21)/t16-/m1/s1. The highest BCUT2D eigenvalue weighted by molar-refractivity contribution is 7.80. The van der Waals surface area contributed by atoms with Gasteiger partial charge in [-0.25, -0.2) is 0 Å². The van der Waals surface area contributed by atoms with Crippen LogP contribution in [-0.4, -0.2) is 5.11 Å². The van der Waals surface area contributed by atoms with Gasteiger partial charge in [-0.1, -0.05) is 48.9 Å². The summed E-state index contributed by atoms with van der Waals surface area (Å²) in [6, 6.07) is 16.1. The molecule has 0 radical (unpaired) electrons. The average Bonchev–Trinajstić information content (AvgIpc) is 2.45. The lowest BCUT2D eigenvalue weighted by Gasteiger charge is -2.21. The molecular formula is C17H19ClN2S. The van der Waals surface area contributed by atoms with Crippen LogP contribution in [0.25, 0.3) is 0 Å². The molecule has 0 saturated heterocycles. The number of nitrogens with one attached hydrogen (secondary N) is 2. The Kier molecular flexibility index (Phi) is 5.59. The van der Waals surface area contributed by atoms with Crippen LogP contribution in [0.15, 0.2) is 48.5 Å². The van der Waals surface area contributed by atoms with Crippen LogP contribution in [0.1, 0.15) is 30.5 Å². The van der Waals surface area contributed by atoms with Gasteiger partial charge in [-0.3, -0.25) is 0 Å². The molecule has 0 fully saturated rings. The Morgan fingerprint density at radius 2 is 1.95 bits per heavy atom. The van der Waals surface area contributed by atoms with Crippen LogP contribution < -0.4 is 10.6 Å². The summed E-state index contributed by atoms with van der Waals surface area (Å²) in [6.07, 6.45) is 0.961. The van der Waals surface area contributed by atoms with Crippen molar-refractivity contribution in [2.45, 2.75) is 26.3 Å². The number of halogens is 1. The second-order valence-corrected chi connectivity index (χ2v) is 5.77. The first kappa shape index (κ1) is 15.8. The van der Waals surface area contributed by atoms with E-state index in [0.717, 1.165) is 12.1 Å². The van der Waals surface area contributed by atoms with Gasteiger partial charge in [0.15, 0.2) is 5.11 Å². The van der Waals surface area contributed by atoms with Crippen molar-refractivity contribution in [3.05, 3.63) is 64.7 Å². The number of anilines is 1. The van der Waals surface area contributed by atoms with E-state index >= 15 is 0 Å². The molecular weight excluding hydrogens is 300 g/mol. The van der Waals surface area contributed by atoms with E-state index in [1.165, 1.54) is 11.1 Å². The lowest BCUT2D eigenvalue weighted by molar-refractivity contribution is 0.625. The normalized spacial score (nSPS) is 11.8. The highest BCUT2D eigenvalue weighted by Crippen LogP contribution is 2.21. The van der Waals surface area contributed by atoms with Crippen molar-refractivity contribution in [2.24, 2.45) is 0 Å². The molecule has 1 atom stereocenters. The summed E-state index contributed by atoms with van der Waals surface area (Å²) in [5.74, 6) is 0. The van der Waals surface area contributed by atoms with E-state index in [2.05, 4.69) is 42.7 Å². The smallest absolute Gasteiger partial charge is 0.171 e. The maximum atomic E-state index is 5.97. The zero-order chi connectivity index (χ0) is 15.2. The minimum Gasteiger partial charge on any atom is -0.356 e. The van der Waals surface area contributed by atoms with E-state index in [-0.39, 0.29) is 6.04 Å². The minimum atomic E-state index is 0.199. The fourth-order valence-corrected chi connectivity index (χ4v) is 2.72. The molecule has 0 saturated carbocycles. The Bertz CT molecular complexity index is 628. The Hall–Kier alpha value is -1.58. The van der Waals surface area contributed by atoms with E-state index in [4.69, 9.17) is 23.8 Å². The van der Waals surface area contributed by atoms with Crippen LogP contribution in [0.2, 0.25) is 5.02 Å². The number of hydrogen-bond donors (Lipinski definition) is 2. The molecule has 0 amide bonds. The maximum absolute atomic E-state index is 5.97. The largest absolute Gasteiger partial charge is 0.356 e. The molecule has 2 aromatic rings. The van der Waals surface area contributed by atoms with Crippen molar-refractivity contribution in [2.75, 3.05) is 5.32 Å². The highest BCUT2D eigenvalue weighted by atomic mass is 35.5. The summed E-state index contributed by atoms with van der Waals surface area (Å²) >= 11 is 11.4. The van der Waals surface area contributed by atoms with Crippen LogP contribution in [0, 0.1) is 6.92 Å². The van der Waals surface area contributed by atoms with Crippen LogP contribution in [0.5, 0.6) is 0 Å². The summed E-state index contributed by atoms with van der Waals surface area (Å²) < 4.78 is 0. The number of aryl methyl sites for hydroxylation is 1. The summed E-state index contributed by atoms with van der Waals surface area (Å²) in [7, 11) is 0. The monoisotopic (exact) mass is 318 g/mol. The van der Waals surface area contributed by atoms with Crippen molar-refractivity contribution in [3.63, 3.8) is 0 Å². The van der Waals surface area contributed by atoms with Crippen LogP contribution in [0.4, 0.5) is 5.69 Å². The van der Waals surface area contributed by atoms with Crippen molar-refractivity contribution in [1.82, 2.24) is 5.32 Å². The Morgan fingerprint density at radius 3 is 2.62 bits per heavy atom. The summed E-state index contributed by atoms with van der Waals surface area (Å²) in [5, 5.41) is 7.83. The number of hydrogen-bond acceptors (Lipinski definition) is 1. The lowest BCUT2D eigenvalue weighted by atomic mass is 10.00. The van der Waals surface area contributed by atoms with Gasteiger partial charge in [0.25, 0.3) is 0 Å². The van der Waals surface area contributed by atoms with Gasteiger partial charge >= 0.3 is 0 Å². The van der Waals surface area contributed by atoms with E-state index in [9.17, 15) is 0 Å². The molecule has 4 heteroatoms. The van der Waals surface area contributed by atoms with E-state index in [1.807, 2.05) is 30.3 Å². The third-order valence-electron chi connectivity index (χ3n) is 3.36. The summed E-state index contributed by atoms with van der Waals surface area (Å²) in [4.78, 5) is 0. The SMILES string of the molecule is CC[C@@H](NC(=S)Nc1cccc(Cl)c1)c1ccccc1C. The molecule has 0 aliphatic carbocycles. The van der Waals surface area contributed by atoms with Crippen molar-refractivity contribution >= 4 is 34.6 Å². The molecule has 0 bridgehead atoms. The molecule has 2 nitrogen and oxygen atoms in total. The first-order chi connectivity index (χ1) is 10.1. The molecule has 0 aliphatic heterocycles. The molecule has 21 heavy (non-hydrogen) atoms. The van der Waals surface area contributed by atoms with Crippen molar-refractivity contribution in [3.8, 4) is 0 Å². The Balaban J connectivity index is 2.05. The number of rotatable bonds is 4. The highest BCUT2D eigenvalue weighted by Gasteiger charge is 2.12. The molecule has 0 unspecified atom stereocenters. The Labute approximate surface area is 136 Å². The maximum Gasteiger partial charge on any atom is 0.171 e. The zero-order valence-electron chi connectivity index (χ0n) is 12.2. The fraction of sp³-hybridized carbons (Fsp3) is 0.235. The van der Waals surface area contributed by atoms with Gasteiger partial charge in [0, 0.05) is 10.7 Å². The fourth-order valence-electron chi connectivity index (χ4n) is 2.27. The summed E-state index contributed by atoms with van der Waals surface area (Å²) in [5.41, 5.74) is 3.43. The van der Waals surface area contributed by atoms with Crippen molar-refractivity contribution in [1.29, 1.82) is 0 Å². The second kappa shape index (κ2) is 7.43. The van der Waals surface area contributed by atoms with E-state index < -0.39 is 0 Å². The predicted octanol–water partition coefficient (Wildman–Crippen LogP) is 5.09. The van der Waals surface area contributed by atoms with Gasteiger partial charge < -0.3 is 10.6 Å². The number of benzene rings is 2. The first-order valence-electron chi connectivity index (χ1n) is 6.98. The average molecular weight is 319 g/mol. The zero-order valence-corrected chi connectivity index (χ0v) is 13.8. The van der Waals surface area contributed by atoms with Crippen LogP contribution in [0.3, 0.4) is 0 Å². The molecule has 2 aromatic carbocycles. The van der Waals surface area contributed by atoms with E-state index in [0.29, 0.717) is 10.1 Å². The first-order valence-corrected chi connectivity index (χ1v) is 7.77. The topological polar surface area (TPSA) is 24.1 Å². The van der Waals surface area contributed by atoms with Crippen molar-refractivity contribution < 1.29 is 0 Å². The molecule has 110 valence electrons. The third-order valence-corrected chi connectivity index (χ3v) is 3.81. The molecule has 2 N–H and O–H groups in total. The third kappa shape index (κ3) is 4.45. The molecule has 0 heterocycles. The van der Waals surface area contributed by atoms with Gasteiger partial charge in [0.2, 0.25) is 0 Å². The minimum absolute atomic E-state index is 0.199. The quantitative estimate of drug-likeness (QED) is 0.768. The molecule has 2 rings (SSSR count). The lowest BCUT2D eigenvalue weighted by Crippen LogP contribution is -2.32. The van der Waals surface area contributed by atoms with Gasteiger partial charge in [-0.05, 0) is 54.9 Å². The van der Waals surface area contributed by atoms with E-state index in [1.54, 1.807) is 0 Å². The predicted molar refractivity (Wildman–Crippen MR) is 95.0 cm³/mol. The van der Waals surface area contributed by atoms with Gasteiger partial charge in [0.05, 0.1) is 6.04 Å². The second-order valence-electron chi connectivity index (χ2n) is 4.93. The van der Waals surface area contributed by atoms with Gasteiger partial charge in [-0.15, -0.1) is 0 Å². The summed E-state index contributed by atoms with van der Waals surface area (Å²) in [6.45, 7) is 4.26. The Morgan fingerprint density at radius 1 is 1.19 bits per heavy atom.